The van der Waals surface area contributed by atoms with Gasteiger partial charge in [-0.25, -0.2) is 4.79 Å². The number of rotatable bonds is 2. The van der Waals surface area contributed by atoms with E-state index in [1.165, 1.54) is 0 Å². The minimum atomic E-state index is -0.333. The van der Waals surface area contributed by atoms with E-state index in [-0.39, 0.29) is 5.63 Å². The molecule has 4 aromatic rings. The van der Waals surface area contributed by atoms with Crippen LogP contribution in [0, 0.1) is 0 Å². The van der Waals surface area contributed by atoms with Crippen molar-refractivity contribution >= 4 is 33.9 Å². The van der Waals surface area contributed by atoms with Gasteiger partial charge in [0.2, 0.25) is 0 Å². The molecule has 0 N–H and O–H groups in total. The molecule has 2 heterocycles. The fourth-order valence-electron chi connectivity index (χ4n) is 2.57. The Balaban J connectivity index is 1.86. The van der Waals surface area contributed by atoms with Gasteiger partial charge >= 0.3 is 5.63 Å². The van der Waals surface area contributed by atoms with Crippen LogP contribution in [0.1, 0.15) is 0 Å². The molecule has 2 nitrogen and oxygen atoms in total. The number of halogens is 1. The lowest BCUT2D eigenvalue weighted by Gasteiger charge is -2.02. The monoisotopic (exact) mass is 338 g/mol. The van der Waals surface area contributed by atoms with E-state index < -0.39 is 0 Å². The summed E-state index contributed by atoms with van der Waals surface area (Å²) in [5.41, 5.74) is 2.29. The number of thiophene rings is 1. The molecule has 0 aliphatic carbocycles. The zero-order chi connectivity index (χ0) is 15.8. The second-order valence-corrected chi connectivity index (χ2v) is 6.67. The molecular weight excluding hydrogens is 328 g/mol. The molecule has 4 rings (SSSR count). The van der Waals surface area contributed by atoms with Crippen molar-refractivity contribution in [2.24, 2.45) is 0 Å². The van der Waals surface area contributed by atoms with Crippen molar-refractivity contribution in [3.05, 3.63) is 82.2 Å². The topological polar surface area (TPSA) is 30.2 Å². The zero-order valence-corrected chi connectivity index (χ0v) is 13.5. The molecule has 112 valence electrons. The Bertz CT molecular complexity index is 1040. The molecule has 0 radical (unpaired) electrons. The summed E-state index contributed by atoms with van der Waals surface area (Å²) in [7, 11) is 0. The Morgan fingerprint density at radius 2 is 1.61 bits per heavy atom. The molecule has 2 aromatic heterocycles. The third-order valence-electron chi connectivity index (χ3n) is 3.65. The van der Waals surface area contributed by atoms with Crippen LogP contribution in [0.3, 0.4) is 0 Å². The molecule has 0 fully saturated rings. The third-order valence-corrected chi connectivity index (χ3v) is 5.07. The van der Waals surface area contributed by atoms with Gasteiger partial charge in [0.1, 0.15) is 5.58 Å². The molecule has 0 unspecified atom stereocenters. The highest BCUT2D eigenvalue weighted by Gasteiger charge is 2.10. The summed E-state index contributed by atoms with van der Waals surface area (Å²) in [4.78, 5) is 14.0. The number of fused-ring (bicyclic) bond motifs is 1. The molecule has 0 bridgehead atoms. The number of hydrogen-bond donors (Lipinski definition) is 0. The molecule has 2 aromatic carbocycles. The summed E-state index contributed by atoms with van der Waals surface area (Å²) in [5, 5.41) is 1.66. The van der Waals surface area contributed by atoms with Crippen molar-refractivity contribution in [3.8, 4) is 20.9 Å². The molecular formula is C19H11ClO2S. The summed E-state index contributed by atoms with van der Waals surface area (Å²) in [5.74, 6) is 0. The van der Waals surface area contributed by atoms with Crippen molar-refractivity contribution in [2.75, 3.05) is 0 Å². The lowest BCUT2D eigenvalue weighted by atomic mass is 10.1. The van der Waals surface area contributed by atoms with Gasteiger partial charge in [-0.3, -0.25) is 0 Å². The van der Waals surface area contributed by atoms with Crippen LogP contribution in [0.15, 0.2) is 75.9 Å². The lowest BCUT2D eigenvalue weighted by Crippen LogP contribution is -1.97. The average molecular weight is 339 g/mol. The summed E-state index contributed by atoms with van der Waals surface area (Å²) < 4.78 is 5.26. The standard InChI is InChI=1S/C19H11ClO2S/c20-13-7-5-12(6-8-13)17-9-10-18(23-17)15-11-19(21)22-16-4-2-1-3-14(15)16/h1-11H. The summed E-state index contributed by atoms with van der Waals surface area (Å²) in [6.45, 7) is 0. The second kappa shape index (κ2) is 5.69. The van der Waals surface area contributed by atoms with E-state index >= 15 is 0 Å². The fourth-order valence-corrected chi connectivity index (χ4v) is 3.74. The van der Waals surface area contributed by atoms with Gasteiger partial charge in [0, 0.05) is 31.8 Å². The van der Waals surface area contributed by atoms with E-state index in [0.29, 0.717) is 5.58 Å². The Kier molecular flexibility index (Phi) is 3.52. The second-order valence-electron chi connectivity index (χ2n) is 5.15. The smallest absolute Gasteiger partial charge is 0.336 e. The minimum Gasteiger partial charge on any atom is -0.423 e. The molecule has 0 atom stereocenters. The van der Waals surface area contributed by atoms with Gasteiger partial charge in [-0.2, -0.15) is 0 Å². The van der Waals surface area contributed by atoms with Gasteiger partial charge in [-0.05, 0) is 35.9 Å². The SMILES string of the molecule is O=c1cc(-c2ccc(-c3ccc(Cl)cc3)s2)c2ccccc2o1. The average Bonchev–Trinajstić information content (AvgIpc) is 3.04. The molecule has 0 aliphatic heterocycles. The minimum absolute atomic E-state index is 0.333. The number of hydrogen-bond acceptors (Lipinski definition) is 3. The predicted molar refractivity (Wildman–Crippen MR) is 96.2 cm³/mol. The van der Waals surface area contributed by atoms with Crippen LogP contribution in [-0.2, 0) is 0 Å². The van der Waals surface area contributed by atoms with Crippen LogP contribution in [0.2, 0.25) is 5.02 Å². The van der Waals surface area contributed by atoms with Crippen molar-refractivity contribution < 1.29 is 4.42 Å². The van der Waals surface area contributed by atoms with E-state index in [0.717, 1.165) is 31.3 Å². The van der Waals surface area contributed by atoms with Crippen LogP contribution < -0.4 is 5.63 Å². The first-order valence-electron chi connectivity index (χ1n) is 7.10. The van der Waals surface area contributed by atoms with Gasteiger partial charge in [-0.15, -0.1) is 11.3 Å². The Hall–Kier alpha value is -2.36. The van der Waals surface area contributed by atoms with Crippen molar-refractivity contribution in [3.63, 3.8) is 0 Å². The first-order chi connectivity index (χ1) is 11.2. The highest BCUT2D eigenvalue weighted by atomic mass is 35.5. The maximum atomic E-state index is 11.8. The molecule has 0 saturated carbocycles. The van der Waals surface area contributed by atoms with Gasteiger partial charge < -0.3 is 4.42 Å². The van der Waals surface area contributed by atoms with E-state index in [2.05, 4.69) is 6.07 Å². The molecule has 0 spiro atoms. The lowest BCUT2D eigenvalue weighted by molar-refractivity contribution is 0.561. The zero-order valence-electron chi connectivity index (χ0n) is 12.0. The molecule has 4 heteroatoms. The van der Waals surface area contributed by atoms with Crippen molar-refractivity contribution in [2.45, 2.75) is 0 Å². The van der Waals surface area contributed by atoms with Gasteiger partial charge in [0.15, 0.2) is 0 Å². The Morgan fingerprint density at radius 3 is 2.43 bits per heavy atom. The van der Waals surface area contributed by atoms with E-state index in [1.54, 1.807) is 17.4 Å². The molecule has 0 saturated heterocycles. The quantitative estimate of drug-likeness (QED) is 0.430. The van der Waals surface area contributed by atoms with Gasteiger partial charge in [-0.1, -0.05) is 41.9 Å². The van der Waals surface area contributed by atoms with E-state index in [1.807, 2.05) is 54.6 Å². The van der Waals surface area contributed by atoms with Crippen LogP contribution >= 0.6 is 22.9 Å². The maximum absolute atomic E-state index is 11.8. The number of para-hydroxylation sites is 1. The molecule has 0 aliphatic rings. The van der Waals surface area contributed by atoms with Crippen LogP contribution in [-0.4, -0.2) is 0 Å². The molecule has 0 amide bonds. The summed E-state index contributed by atoms with van der Waals surface area (Å²) in [6.07, 6.45) is 0. The fraction of sp³-hybridized carbons (Fsp3) is 0. The van der Waals surface area contributed by atoms with E-state index in [4.69, 9.17) is 16.0 Å². The predicted octanol–water partition coefficient (Wildman–Crippen LogP) is 5.84. The van der Waals surface area contributed by atoms with E-state index in [9.17, 15) is 4.79 Å². The van der Waals surface area contributed by atoms with Crippen molar-refractivity contribution in [1.29, 1.82) is 0 Å². The van der Waals surface area contributed by atoms with Crippen LogP contribution in [0.5, 0.6) is 0 Å². The number of benzene rings is 2. The highest BCUT2D eigenvalue weighted by molar-refractivity contribution is 7.18. The normalized spacial score (nSPS) is 11.0. The molecule has 23 heavy (non-hydrogen) atoms. The van der Waals surface area contributed by atoms with Crippen LogP contribution in [0.4, 0.5) is 0 Å². The van der Waals surface area contributed by atoms with Crippen LogP contribution in [0.25, 0.3) is 31.9 Å². The Morgan fingerprint density at radius 1 is 0.870 bits per heavy atom. The van der Waals surface area contributed by atoms with Crippen molar-refractivity contribution in [1.82, 2.24) is 0 Å². The summed E-state index contributed by atoms with van der Waals surface area (Å²) >= 11 is 7.59. The highest BCUT2D eigenvalue weighted by Crippen LogP contribution is 2.37. The largest absolute Gasteiger partial charge is 0.423 e. The van der Waals surface area contributed by atoms with Gasteiger partial charge in [0.25, 0.3) is 0 Å². The maximum Gasteiger partial charge on any atom is 0.336 e. The first-order valence-corrected chi connectivity index (χ1v) is 8.29. The summed E-state index contributed by atoms with van der Waals surface area (Å²) in [6, 6.07) is 21.0. The third kappa shape index (κ3) is 2.69. The Labute approximate surface area is 141 Å². The van der Waals surface area contributed by atoms with Gasteiger partial charge in [0.05, 0.1) is 0 Å². The first kappa shape index (κ1) is 14.2.